The van der Waals surface area contributed by atoms with E-state index < -0.39 is 16.1 Å². The van der Waals surface area contributed by atoms with Crippen LogP contribution in [-0.2, 0) is 26.2 Å². The van der Waals surface area contributed by atoms with Gasteiger partial charge in [-0.3, -0.25) is 13.9 Å². The molecule has 0 bridgehead atoms. The molecule has 1 saturated carbocycles. The van der Waals surface area contributed by atoms with Crippen molar-refractivity contribution in [2.75, 3.05) is 24.2 Å². The zero-order valence-corrected chi connectivity index (χ0v) is 24.6. The topological polar surface area (TPSA) is 96.0 Å². The maximum absolute atomic E-state index is 13.6. The molecule has 0 spiro atoms. The van der Waals surface area contributed by atoms with Crippen LogP contribution in [-0.4, -0.2) is 57.1 Å². The molecule has 1 N–H and O–H groups in total. The number of halogens is 1. The summed E-state index contributed by atoms with van der Waals surface area (Å²) in [4.78, 5) is 28.6. The number of para-hydroxylation sites is 2. The lowest BCUT2D eigenvalue weighted by Gasteiger charge is -2.33. The van der Waals surface area contributed by atoms with Crippen molar-refractivity contribution in [2.24, 2.45) is 0 Å². The lowest BCUT2D eigenvalue weighted by molar-refractivity contribution is -0.141. The molecule has 0 heterocycles. The molecule has 8 nitrogen and oxygen atoms in total. The Labute approximate surface area is 237 Å². The molecule has 0 unspecified atom stereocenters. The van der Waals surface area contributed by atoms with Crippen molar-refractivity contribution in [1.82, 2.24) is 10.2 Å². The lowest BCUT2D eigenvalue weighted by atomic mass is 9.95. The van der Waals surface area contributed by atoms with E-state index in [1.807, 2.05) is 19.1 Å². The second kappa shape index (κ2) is 14.6. The first kappa shape index (κ1) is 30.8. The van der Waals surface area contributed by atoms with Gasteiger partial charge in [0, 0.05) is 30.6 Å². The van der Waals surface area contributed by atoms with Crippen LogP contribution in [0.5, 0.6) is 5.75 Å². The van der Waals surface area contributed by atoms with Gasteiger partial charge in [-0.05, 0) is 55.5 Å². The van der Waals surface area contributed by atoms with E-state index in [-0.39, 0.29) is 43.8 Å². The van der Waals surface area contributed by atoms with Crippen LogP contribution in [0.15, 0.2) is 48.5 Å². The van der Waals surface area contributed by atoms with E-state index in [9.17, 15) is 18.0 Å². The summed E-state index contributed by atoms with van der Waals surface area (Å²) in [5.41, 5.74) is 1.29. The number of anilines is 1. The Morgan fingerprint density at radius 2 is 1.74 bits per heavy atom. The normalized spacial score (nSPS) is 14.9. The molecule has 0 aromatic heterocycles. The number of sulfonamides is 1. The molecule has 0 radical (unpaired) electrons. The van der Waals surface area contributed by atoms with Crippen molar-refractivity contribution >= 4 is 39.1 Å². The van der Waals surface area contributed by atoms with Gasteiger partial charge in [0.1, 0.15) is 11.8 Å². The number of methoxy groups -OCH3 is 1. The van der Waals surface area contributed by atoms with Crippen LogP contribution in [0.1, 0.15) is 63.9 Å². The van der Waals surface area contributed by atoms with Crippen molar-refractivity contribution in [3.8, 4) is 5.75 Å². The molecule has 10 heteroatoms. The lowest BCUT2D eigenvalue weighted by Crippen LogP contribution is -2.51. The van der Waals surface area contributed by atoms with Crippen LogP contribution in [0.4, 0.5) is 5.69 Å². The van der Waals surface area contributed by atoms with E-state index in [0.717, 1.165) is 37.5 Å². The zero-order chi connectivity index (χ0) is 28.4. The molecule has 0 saturated heterocycles. The van der Waals surface area contributed by atoms with Crippen molar-refractivity contribution in [3.63, 3.8) is 0 Å². The number of carbonyl (C=O) groups excluding carboxylic acids is 2. The SMILES string of the molecule is CC[C@@H](C(=O)NC1CCCCC1)N(Cc1ccc(Cl)cc1)C(=O)CCCN(c1ccccc1OC)S(C)(=O)=O. The van der Waals surface area contributed by atoms with E-state index in [1.165, 1.54) is 17.8 Å². The maximum atomic E-state index is 13.6. The Bertz CT molecular complexity index is 1200. The van der Waals surface area contributed by atoms with Gasteiger partial charge in [0.05, 0.1) is 19.1 Å². The summed E-state index contributed by atoms with van der Waals surface area (Å²) in [5, 5.41) is 3.77. The zero-order valence-electron chi connectivity index (χ0n) is 23.1. The van der Waals surface area contributed by atoms with Crippen LogP contribution in [0.2, 0.25) is 5.02 Å². The monoisotopic (exact) mass is 577 g/mol. The average molecular weight is 578 g/mol. The Hall–Kier alpha value is -2.78. The molecular weight excluding hydrogens is 538 g/mol. The number of ether oxygens (including phenoxy) is 1. The van der Waals surface area contributed by atoms with Gasteiger partial charge in [0.25, 0.3) is 0 Å². The second-order valence-electron chi connectivity index (χ2n) is 10.0. The van der Waals surface area contributed by atoms with Crippen LogP contribution in [0, 0.1) is 0 Å². The van der Waals surface area contributed by atoms with E-state index in [1.54, 1.807) is 41.3 Å². The first-order valence-electron chi connectivity index (χ1n) is 13.6. The van der Waals surface area contributed by atoms with Gasteiger partial charge in [-0.25, -0.2) is 8.42 Å². The number of amides is 2. The molecule has 0 aliphatic heterocycles. The third-order valence-electron chi connectivity index (χ3n) is 7.11. The molecule has 2 aromatic carbocycles. The van der Waals surface area contributed by atoms with Crippen molar-refractivity contribution in [2.45, 2.75) is 76.9 Å². The fraction of sp³-hybridized carbons (Fsp3) is 0.517. The van der Waals surface area contributed by atoms with Gasteiger partial charge in [0.15, 0.2) is 0 Å². The largest absolute Gasteiger partial charge is 0.495 e. The highest BCUT2D eigenvalue weighted by Crippen LogP contribution is 2.30. The van der Waals surface area contributed by atoms with Crippen LogP contribution < -0.4 is 14.4 Å². The quantitative estimate of drug-likeness (QED) is 0.355. The molecule has 2 aromatic rings. The van der Waals surface area contributed by atoms with E-state index in [0.29, 0.717) is 22.9 Å². The van der Waals surface area contributed by atoms with Crippen molar-refractivity contribution < 1.29 is 22.7 Å². The first-order valence-corrected chi connectivity index (χ1v) is 15.8. The molecule has 39 heavy (non-hydrogen) atoms. The minimum absolute atomic E-state index is 0.0853. The summed E-state index contributed by atoms with van der Waals surface area (Å²) in [5.74, 6) is 0.0895. The van der Waals surface area contributed by atoms with Gasteiger partial charge in [0.2, 0.25) is 21.8 Å². The molecule has 1 atom stereocenters. The number of carbonyl (C=O) groups is 2. The number of hydrogen-bond donors (Lipinski definition) is 1. The van der Waals surface area contributed by atoms with Crippen molar-refractivity contribution in [3.05, 3.63) is 59.1 Å². The molecule has 2 amide bonds. The van der Waals surface area contributed by atoms with E-state index in [4.69, 9.17) is 16.3 Å². The number of hydrogen-bond acceptors (Lipinski definition) is 5. The molecular formula is C29H40ClN3O5S. The highest BCUT2D eigenvalue weighted by molar-refractivity contribution is 7.92. The molecule has 1 aliphatic rings. The summed E-state index contributed by atoms with van der Waals surface area (Å²) >= 11 is 6.06. The Morgan fingerprint density at radius 1 is 1.08 bits per heavy atom. The molecule has 3 rings (SSSR count). The fourth-order valence-corrected chi connectivity index (χ4v) is 6.16. The van der Waals surface area contributed by atoms with Gasteiger partial charge in [-0.15, -0.1) is 0 Å². The van der Waals surface area contributed by atoms with Crippen LogP contribution in [0.3, 0.4) is 0 Å². The maximum Gasteiger partial charge on any atom is 0.243 e. The number of rotatable bonds is 13. The number of benzene rings is 2. The van der Waals surface area contributed by atoms with E-state index >= 15 is 0 Å². The predicted molar refractivity (Wildman–Crippen MR) is 156 cm³/mol. The molecule has 1 fully saturated rings. The molecule has 214 valence electrons. The van der Waals surface area contributed by atoms with Gasteiger partial charge >= 0.3 is 0 Å². The van der Waals surface area contributed by atoms with E-state index in [2.05, 4.69) is 5.32 Å². The predicted octanol–water partition coefficient (Wildman–Crippen LogP) is 5.15. The summed E-state index contributed by atoms with van der Waals surface area (Å²) in [6.07, 6.45) is 7.25. The van der Waals surface area contributed by atoms with Gasteiger partial charge < -0.3 is 15.0 Å². The Kier molecular flexibility index (Phi) is 11.5. The first-order chi connectivity index (χ1) is 18.6. The van der Waals surface area contributed by atoms with Crippen LogP contribution in [0.25, 0.3) is 0 Å². The summed E-state index contributed by atoms with van der Waals surface area (Å²) in [6.45, 7) is 2.26. The average Bonchev–Trinajstić information content (AvgIpc) is 2.92. The Balaban J connectivity index is 1.77. The van der Waals surface area contributed by atoms with Gasteiger partial charge in [-0.2, -0.15) is 0 Å². The smallest absolute Gasteiger partial charge is 0.243 e. The standard InChI is InChI=1S/C29H40ClN3O5S/c1-4-25(29(35)31-24-11-6-5-7-12-24)32(21-22-16-18-23(30)19-17-22)28(34)15-10-20-33(39(3,36)37)26-13-8-9-14-27(26)38-2/h8-9,13-14,16-19,24-25H,4-7,10-12,15,20-21H2,1-3H3,(H,31,35)/t25-/m0/s1. The summed E-state index contributed by atoms with van der Waals surface area (Å²) in [7, 11) is -2.13. The fourth-order valence-electron chi connectivity index (χ4n) is 5.07. The van der Waals surface area contributed by atoms with Crippen molar-refractivity contribution in [1.29, 1.82) is 0 Å². The third kappa shape index (κ3) is 8.86. The second-order valence-corrected chi connectivity index (χ2v) is 12.4. The van der Waals surface area contributed by atoms with Gasteiger partial charge in [-0.1, -0.05) is 62.1 Å². The minimum Gasteiger partial charge on any atom is -0.495 e. The highest BCUT2D eigenvalue weighted by Gasteiger charge is 2.30. The minimum atomic E-state index is -3.62. The summed E-state index contributed by atoms with van der Waals surface area (Å²) < 4.78 is 31.9. The third-order valence-corrected chi connectivity index (χ3v) is 8.54. The number of nitrogens with zero attached hydrogens (tertiary/aromatic N) is 2. The summed E-state index contributed by atoms with van der Waals surface area (Å²) in [6, 6.07) is 13.6. The van der Waals surface area contributed by atoms with Crippen LogP contribution >= 0.6 is 11.6 Å². The highest BCUT2D eigenvalue weighted by atomic mass is 35.5. The Morgan fingerprint density at radius 3 is 2.36 bits per heavy atom. The number of nitrogens with one attached hydrogen (secondary N) is 1. The molecule has 1 aliphatic carbocycles.